The number of anilines is 1. The van der Waals surface area contributed by atoms with Crippen LogP contribution >= 0.6 is 0 Å². The normalized spacial score (nSPS) is 14.7. The Morgan fingerprint density at radius 1 is 1.14 bits per heavy atom. The Bertz CT molecular complexity index is 966. The number of nitrogens with one attached hydrogen (secondary N) is 1. The fourth-order valence-electron chi connectivity index (χ4n) is 3.55. The monoisotopic (exact) mass is 383 g/mol. The molecule has 0 spiro atoms. The molecule has 28 heavy (non-hydrogen) atoms. The summed E-state index contributed by atoms with van der Waals surface area (Å²) in [4.78, 5) is 26.5. The van der Waals surface area contributed by atoms with Crippen molar-refractivity contribution in [1.29, 1.82) is 5.26 Å². The quantitative estimate of drug-likeness (QED) is 0.734. The van der Waals surface area contributed by atoms with E-state index < -0.39 is 11.2 Å². The van der Waals surface area contributed by atoms with Crippen LogP contribution in [0.4, 0.5) is 5.82 Å². The average molecular weight is 383 g/mol. The van der Waals surface area contributed by atoms with Gasteiger partial charge in [0.2, 0.25) is 0 Å². The minimum absolute atomic E-state index is 0.0206. The third-order valence-electron chi connectivity index (χ3n) is 5.09. The maximum Gasteiger partial charge on any atom is 0.332 e. The number of aromatic nitrogens is 2. The Balaban J connectivity index is 1.57. The molecule has 1 saturated heterocycles. The maximum absolute atomic E-state index is 12.3. The first kappa shape index (κ1) is 19.7. The van der Waals surface area contributed by atoms with Gasteiger partial charge in [-0.3, -0.25) is 13.9 Å². The highest BCUT2D eigenvalue weighted by molar-refractivity contribution is 5.53. The Labute approximate surface area is 163 Å². The third-order valence-corrected chi connectivity index (χ3v) is 5.09. The Morgan fingerprint density at radius 2 is 1.82 bits per heavy atom. The number of hydrogen-bond donors (Lipinski definition) is 1. The molecule has 0 aliphatic carbocycles. The highest BCUT2D eigenvalue weighted by Gasteiger charge is 2.25. The molecule has 8 heteroatoms. The number of rotatable bonds is 6. The van der Waals surface area contributed by atoms with Gasteiger partial charge in [-0.2, -0.15) is 5.26 Å². The minimum atomic E-state index is -0.543. The Kier molecular flexibility index (Phi) is 6.16. The molecule has 148 valence electrons. The first-order valence-electron chi connectivity index (χ1n) is 9.39. The van der Waals surface area contributed by atoms with Crippen LogP contribution < -0.4 is 26.2 Å². The molecule has 3 rings (SSSR count). The van der Waals surface area contributed by atoms with Crippen molar-refractivity contribution in [3.8, 4) is 11.8 Å². The topological polar surface area (TPSA) is 92.3 Å². The van der Waals surface area contributed by atoms with Crippen LogP contribution in [0.3, 0.4) is 0 Å². The molecular weight excluding hydrogens is 358 g/mol. The second-order valence-corrected chi connectivity index (χ2v) is 6.89. The van der Waals surface area contributed by atoms with Gasteiger partial charge in [0.1, 0.15) is 24.2 Å². The van der Waals surface area contributed by atoms with Gasteiger partial charge in [0, 0.05) is 39.8 Å². The molecule has 1 N–H and O–H groups in total. The van der Waals surface area contributed by atoms with E-state index in [-0.39, 0.29) is 5.56 Å². The van der Waals surface area contributed by atoms with Gasteiger partial charge in [0.05, 0.1) is 0 Å². The number of nitriles is 1. The highest BCUT2D eigenvalue weighted by Crippen LogP contribution is 2.20. The smallest absolute Gasteiger partial charge is 0.332 e. The van der Waals surface area contributed by atoms with Gasteiger partial charge >= 0.3 is 5.69 Å². The van der Waals surface area contributed by atoms with E-state index in [1.165, 1.54) is 11.6 Å². The zero-order valence-electron chi connectivity index (χ0n) is 16.2. The molecule has 1 fully saturated rings. The molecule has 0 unspecified atom stereocenters. The zero-order chi connectivity index (χ0) is 20.1. The summed E-state index contributed by atoms with van der Waals surface area (Å²) in [5, 5.41) is 12.9. The maximum atomic E-state index is 12.3. The van der Waals surface area contributed by atoms with Crippen molar-refractivity contribution in [1.82, 2.24) is 14.5 Å². The van der Waals surface area contributed by atoms with Crippen LogP contribution in [0.5, 0.6) is 5.75 Å². The number of para-hydroxylation sites is 1. The first-order valence-corrected chi connectivity index (χ1v) is 9.39. The van der Waals surface area contributed by atoms with Crippen molar-refractivity contribution in [3.05, 3.63) is 56.7 Å². The number of ether oxygens (including phenoxy) is 1. The van der Waals surface area contributed by atoms with Crippen LogP contribution in [0.2, 0.25) is 0 Å². The van der Waals surface area contributed by atoms with Crippen molar-refractivity contribution >= 4 is 5.82 Å². The average Bonchev–Trinajstić information content (AvgIpc) is 2.73. The molecule has 2 aromatic rings. The molecule has 0 radical (unpaired) electrons. The van der Waals surface area contributed by atoms with E-state index in [2.05, 4.69) is 5.32 Å². The predicted octanol–water partition coefficient (Wildman–Crippen LogP) is 0.593. The van der Waals surface area contributed by atoms with Gasteiger partial charge in [0.25, 0.3) is 5.56 Å². The first-order chi connectivity index (χ1) is 13.5. The SMILES string of the molecule is Cn1c(N2CCC(NCCOc3ccccc3)CC2)c(C#N)c(=O)n(C)c1=O. The van der Waals surface area contributed by atoms with Crippen molar-refractivity contribution in [2.75, 3.05) is 31.1 Å². The molecule has 2 heterocycles. The summed E-state index contributed by atoms with van der Waals surface area (Å²) in [5.74, 6) is 1.27. The molecule has 1 aliphatic heterocycles. The zero-order valence-corrected chi connectivity index (χ0v) is 16.2. The predicted molar refractivity (Wildman–Crippen MR) is 107 cm³/mol. The van der Waals surface area contributed by atoms with Crippen molar-refractivity contribution in [2.24, 2.45) is 14.1 Å². The van der Waals surface area contributed by atoms with Gasteiger partial charge < -0.3 is 15.0 Å². The lowest BCUT2D eigenvalue weighted by atomic mass is 10.0. The lowest BCUT2D eigenvalue weighted by Crippen LogP contribution is -2.47. The Hall–Kier alpha value is -3.05. The van der Waals surface area contributed by atoms with Gasteiger partial charge in [-0.05, 0) is 25.0 Å². The van der Waals surface area contributed by atoms with Gasteiger partial charge in [0.15, 0.2) is 5.56 Å². The molecule has 0 bridgehead atoms. The van der Waals surface area contributed by atoms with E-state index in [9.17, 15) is 14.9 Å². The molecule has 1 aromatic heterocycles. The largest absolute Gasteiger partial charge is 0.492 e. The van der Waals surface area contributed by atoms with Crippen LogP contribution in [0.25, 0.3) is 0 Å². The molecule has 1 aliphatic rings. The number of hydrogen-bond acceptors (Lipinski definition) is 6. The summed E-state index contributed by atoms with van der Waals surface area (Å²) in [7, 11) is 2.99. The molecule has 0 saturated carbocycles. The summed E-state index contributed by atoms with van der Waals surface area (Å²) in [6.07, 6.45) is 1.72. The van der Waals surface area contributed by atoms with E-state index in [4.69, 9.17) is 4.74 Å². The third kappa shape index (κ3) is 4.10. The van der Waals surface area contributed by atoms with Crippen molar-refractivity contribution in [2.45, 2.75) is 18.9 Å². The summed E-state index contributed by atoms with van der Waals surface area (Å²) in [5.41, 5.74) is -0.941. The van der Waals surface area contributed by atoms with Gasteiger partial charge in [-0.1, -0.05) is 18.2 Å². The second kappa shape index (κ2) is 8.76. The van der Waals surface area contributed by atoms with Crippen LogP contribution in [0, 0.1) is 11.3 Å². The van der Waals surface area contributed by atoms with Crippen LogP contribution in [-0.2, 0) is 14.1 Å². The van der Waals surface area contributed by atoms with E-state index >= 15 is 0 Å². The highest BCUT2D eigenvalue weighted by atomic mass is 16.5. The molecule has 8 nitrogen and oxygen atoms in total. The van der Waals surface area contributed by atoms with Crippen LogP contribution in [0.15, 0.2) is 39.9 Å². The lowest BCUT2D eigenvalue weighted by Gasteiger charge is -2.35. The summed E-state index contributed by atoms with van der Waals surface area (Å²) >= 11 is 0. The fourth-order valence-corrected chi connectivity index (χ4v) is 3.55. The molecular formula is C20H25N5O3. The van der Waals surface area contributed by atoms with Crippen LogP contribution in [-0.4, -0.2) is 41.4 Å². The minimum Gasteiger partial charge on any atom is -0.492 e. The summed E-state index contributed by atoms with van der Waals surface area (Å²) in [6, 6.07) is 12.0. The fraction of sp³-hybridized carbons (Fsp3) is 0.450. The lowest BCUT2D eigenvalue weighted by molar-refractivity contribution is 0.296. The van der Waals surface area contributed by atoms with Gasteiger partial charge in [-0.25, -0.2) is 4.79 Å². The van der Waals surface area contributed by atoms with Crippen molar-refractivity contribution < 1.29 is 4.74 Å². The summed E-state index contributed by atoms with van der Waals surface area (Å²) in [6.45, 7) is 2.68. The van der Waals surface area contributed by atoms with E-state index in [0.29, 0.717) is 31.6 Å². The number of nitrogens with zero attached hydrogens (tertiary/aromatic N) is 4. The van der Waals surface area contributed by atoms with E-state index in [1.54, 1.807) is 7.05 Å². The van der Waals surface area contributed by atoms with E-state index in [0.717, 1.165) is 29.7 Å². The van der Waals surface area contributed by atoms with Crippen molar-refractivity contribution in [3.63, 3.8) is 0 Å². The number of benzene rings is 1. The molecule has 1 aromatic carbocycles. The second-order valence-electron chi connectivity index (χ2n) is 6.89. The van der Waals surface area contributed by atoms with Crippen LogP contribution in [0.1, 0.15) is 18.4 Å². The van der Waals surface area contributed by atoms with E-state index in [1.807, 2.05) is 41.3 Å². The Morgan fingerprint density at radius 3 is 2.46 bits per heavy atom. The number of piperidine rings is 1. The summed E-state index contributed by atoms with van der Waals surface area (Å²) < 4.78 is 8.05. The molecule has 0 amide bonds. The molecule has 0 atom stereocenters. The standard InChI is InChI=1S/C20H25N5O3/c1-23-18(17(14-21)19(26)24(2)20(23)27)25-11-8-15(9-12-25)22-10-13-28-16-6-4-3-5-7-16/h3-7,15,22H,8-13H2,1-2H3. The van der Waals surface area contributed by atoms with Gasteiger partial charge in [-0.15, -0.1) is 0 Å².